The van der Waals surface area contributed by atoms with Gasteiger partial charge in [0.05, 0.1) is 13.2 Å². The minimum atomic E-state index is -0.304. The number of halogens is 1. The topological polar surface area (TPSA) is 35.5 Å². The Morgan fingerprint density at radius 3 is 2.50 bits per heavy atom. The van der Waals surface area contributed by atoms with Crippen molar-refractivity contribution in [3.63, 3.8) is 0 Å². The summed E-state index contributed by atoms with van der Waals surface area (Å²) in [4.78, 5) is 10.4. The molecule has 0 aliphatic heterocycles. The Morgan fingerprint density at radius 1 is 1.19 bits per heavy atom. The average Bonchev–Trinajstić information content (AvgIpc) is 2.25. The van der Waals surface area contributed by atoms with E-state index in [0.29, 0.717) is 13.2 Å². The maximum atomic E-state index is 12.6. The monoisotopic (exact) mass is 226 g/mol. The Balaban J connectivity index is 2.07. The van der Waals surface area contributed by atoms with Crippen LogP contribution in [0.1, 0.15) is 12.5 Å². The van der Waals surface area contributed by atoms with Crippen molar-refractivity contribution in [3.05, 3.63) is 35.6 Å². The third-order valence-corrected chi connectivity index (χ3v) is 1.98. The van der Waals surface area contributed by atoms with Gasteiger partial charge in [-0.05, 0) is 24.1 Å². The lowest BCUT2D eigenvalue weighted by Crippen LogP contribution is -2.09. The Kier molecular flexibility index (Phi) is 5.50. The fourth-order valence-corrected chi connectivity index (χ4v) is 1.19. The van der Waals surface area contributed by atoms with Crippen LogP contribution in [0.15, 0.2) is 24.3 Å². The van der Waals surface area contributed by atoms with E-state index in [1.807, 2.05) is 0 Å². The van der Waals surface area contributed by atoms with E-state index in [2.05, 4.69) is 0 Å². The minimum absolute atomic E-state index is 0.237. The standard InChI is InChI=1S/C12H15FO3/c1-10(14)16-9-8-15-7-6-11-2-4-12(13)5-3-11/h2-5H,6-9H2,1H3. The van der Waals surface area contributed by atoms with Gasteiger partial charge in [0.2, 0.25) is 0 Å². The van der Waals surface area contributed by atoms with Crippen molar-refractivity contribution in [2.75, 3.05) is 19.8 Å². The second-order valence-corrected chi connectivity index (χ2v) is 3.33. The highest BCUT2D eigenvalue weighted by Gasteiger charge is 1.95. The fraction of sp³-hybridized carbons (Fsp3) is 0.417. The molecule has 0 saturated carbocycles. The van der Waals surface area contributed by atoms with E-state index in [0.717, 1.165) is 12.0 Å². The molecule has 0 atom stereocenters. The van der Waals surface area contributed by atoms with Gasteiger partial charge in [-0.1, -0.05) is 12.1 Å². The zero-order valence-electron chi connectivity index (χ0n) is 9.24. The molecular weight excluding hydrogens is 211 g/mol. The first-order valence-corrected chi connectivity index (χ1v) is 5.14. The highest BCUT2D eigenvalue weighted by Crippen LogP contribution is 2.03. The maximum absolute atomic E-state index is 12.6. The second kappa shape index (κ2) is 6.95. The van der Waals surface area contributed by atoms with Crippen molar-refractivity contribution < 1.29 is 18.7 Å². The molecule has 0 N–H and O–H groups in total. The predicted molar refractivity (Wildman–Crippen MR) is 57.6 cm³/mol. The molecule has 0 saturated heterocycles. The molecule has 0 fully saturated rings. The summed E-state index contributed by atoms with van der Waals surface area (Å²) in [6.45, 7) is 2.56. The van der Waals surface area contributed by atoms with Crippen LogP contribution in [0.5, 0.6) is 0 Å². The van der Waals surface area contributed by atoms with E-state index in [4.69, 9.17) is 9.47 Å². The Hall–Kier alpha value is -1.42. The number of hydrogen-bond acceptors (Lipinski definition) is 3. The van der Waals surface area contributed by atoms with E-state index in [9.17, 15) is 9.18 Å². The molecule has 0 radical (unpaired) electrons. The highest BCUT2D eigenvalue weighted by molar-refractivity contribution is 5.65. The van der Waals surface area contributed by atoms with E-state index in [-0.39, 0.29) is 18.4 Å². The zero-order chi connectivity index (χ0) is 11.8. The molecule has 1 aromatic rings. The van der Waals surface area contributed by atoms with E-state index in [1.165, 1.54) is 19.1 Å². The largest absolute Gasteiger partial charge is 0.463 e. The number of rotatable bonds is 6. The van der Waals surface area contributed by atoms with Crippen LogP contribution in [-0.2, 0) is 20.7 Å². The quantitative estimate of drug-likeness (QED) is 0.549. The summed E-state index contributed by atoms with van der Waals surface area (Å²) in [6.07, 6.45) is 0.723. The molecule has 1 rings (SSSR count). The SMILES string of the molecule is CC(=O)OCCOCCc1ccc(F)cc1. The molecule has 0 heterocycles. The first-order valence-electron chi connectivity index (χ1n) is 5.14. The van der Waals surface area contributed by atoms with Crippen molar-refractivity contribution in [1.82, 2.24) is 0 Å². The van der Waals surface area contributed by atoms with Gasteiger partial charge in [-0.25, -0.2) is 4.39 Å². The Morgan fingerprint density at radius 2 is 1.88 bits per heavy atom. The molecule has 3 nitrogen and oxygen atoms in total. The first kappa shape index (κ1) is 12.6. The average molecular weight is 226 g/mol. The van der Waals surface area contributed by atoms with Crippen molar-refractivity contribution in [2.24, 2.45) is 0 Å². The summed E-state index contributed by atoms with van der Waals surface area (Å²) < 4.78 is 22.5. The minimum Gasteiger partial charge on any atom is -0.463 e. The molecule has 0 amide bonds. The molecule has 0 spiro atoms. The molecular formula is C12H15FO3. The second-order valence-electron chi connectivity index (χ2n) is 3.33. The highest BCUT2D eigenvalue weighted by atomic mass is 19.1. The van der Waals surface area contributed by atoms with Crippen LogP contribution in [0.2, 0.25) is 0 Å². The zero-order valence-corrected chi connectivity index (χ0v) is 9.24. The normalized spacial score (nSPS) is 10.1. The van der Waals surface area contributed by atoms with Crippen molar-refractivity contribution in [1.29, 1.82) is 0 Å². The van der Waals surface area contributed by atoms with Gasteiger partial charge >= 0.3 is 5.97 Å². The molecule has 0 aromatic heterocycles. The lowest BCUT2D eigenvalue weighted by atomic mass is 10.2. The van der Waals surface area contributed by atoms with Gasteiger partial charge in [-0.2, -0.15) is 0 Å². The number of carbonyl (C=O) groups excluding carboxylic acids is 1. The lowest BCUT2D eigenvalue weighted by molar-refractivity contribution is -0.142. The number of ether oxygens (including phenoxy) is 2. The number of hydrogen-bond donors (Lipinski definition) is 0. The summed E-state index contributed by atoms with van der Waals surface area (Å²) in [6, 6.07) is 6.30. The van der Waals surface area contributed by atoms with Gasteiger partial charge in [-0.3, -0.25) is 4.79 Å². The molecule has 0 aliphatic carbocycles. The van der Waals surface area contributed by atoms with E-state index in [1.54, 1.807) is 12.1 Å². The lowest BCUT2D eigenvalue weighted by Gasteiger charge is -2.04. The number of benzene rings is 1. The maximum Gasteiger partial charge on any atom is 0.302 e. The van der Waals surface area contributed by atoms with Crippen LogP contribution in [-0.4, -0.2) is 25.8 Å². The van der Waals surface area contributed by atoms with Gasteiger partial charge in [0.15, 0.2) is 0 Å². The molecule has 1 aromatic carbocycles. The van der Waals surface area contributed by atoms with Gasteiger partial charge in [-0.15, -0.1) is 0 Å². The van der Waals surface area contributed by atoms with Crippen LogP contribution >= 0.6 is 0 Å². The van der Waals surface area contributed by atoms with Crippen molar-refractivity contribution >= 4 is 5.97 Å². The molecule has 16 heavy (non-hydrogen) atoms. The van der Waals surface area contributed by atoms with Crippen LogP contribution in [0, 0.1) is 5.82 Å². The van der Waals surface area contributed by atoms with Gasteiger partial charge in [0.25, 0.3) is 0 Å². The third-order valence-electron chi connectivity index (χ3n) is 1.98. The molecule has 4 heteroatoms. The van der Waals surface area contributed by atoms with Gasteiger partial charge < -0.3 is 9.47 Å². The van der Waals surface area contributed by atoms with Crippen molar-refractivity contribution in [2.45, 2.75) is 13.3 Å². The number of carbonyl (C=O) groups is 1. The Bertz CT molecular complexity index is 322. The molecule has 88 valence electrons. The van der Waals surface area contributed by atoms with E-state index < -0.39 is 0 Å². The van der Waals surface area contributed by atoms with Crippen LogP contribution in [0.25, 0.3) is 0 Å². The third kappa shape index (κ3) is 5.46. The van der Waals surface area contributed by atoms with Crippen molar-refractivity contribution in [3.8, 4) is 0 Å². The fourth-order valence-electron chi connectivity index (χ4n) is 1.19. The molecule has 0 aliphatic rings. The molecule has 0 unspecified atom stereocenters. The summed E-state index contributed by atoms with van der Waals surface area (Å²) in [5.41, 5.74) is 1.02. The summed E-state index contributed by atoms with van der Waals surface area (Å²) >= 11 is 0. The summed E-state index contributed by atoms with van der Waals surface area (Å²) in [5, 5.41) is 0. The van der Waals surface area contributed by atoms with Crippen LogP contribution < -0.4 is 0 Å². The molecule has 0 bridgehead atoms. The van der Waals surface area contributed by atoms with E-state index >= 15 is 0 Å². The summed E-state index contributed by atoms with van der Waals surface area (Å²) in [5.74, 6) is -0.540. The van der Waals surface area contributed by atoms with Crippen LogP contribution in [0.3, 0.4) is 0 Å². The first-order chi connectivity index (χ1) is 7.68. The van der Waals surface area contributed by atoms with Gasteiger partial charge in [0.1, 0.15) is 12.4 Å². The predicted octanol–water partition coefficient (Wildman–Crippen LogP) is 1.95. The summed E-state index contributed by atoms with van der Waals surface area (Å²) in [7, 11) is 0. The Labute approximate surface area is 94.2 Å². The number of esters is 1. The van der Waals surface area contributed by atoms with Gasteiger partial charge in [0, 0.05) is 6.92 Å². The van der Waals surface area contributed by atoms with Crippen LogP contribution in [0.4, 0.5) is 4.39 Å². The smallest absolute Gasteiger partial charge is 0.302 e.